The molecule has 2 amide bonds. The van der Waals surface area contributed by atoms with E-state index in [-0.39, 0.29) is 42.7 Å². The molecule has 2 aliphatic carbocycles. The lowest BCUT2D eigenvalue weighted by Crippen LogP contribution is -2.47. The van der Waals surface area contributed by atoms with E-state index in [2.05, 4.69) is 34.9 Å². The summed E-state index contributed by atoms with van der Waals surface area (Å²) in [6, 6.07) is 15.5. The molecule has 0 radical (unpaired) electrons. The zero-order chi connectivity index (χ0) is 24.2. The molecule has 1 atom stereocenters. The van der Waals surface area contributed by atoms with Crippen molar-refractivity contribution in [2.24, 2.45) is 11.8 Å². The summed E-state index contributed by atoms with van der Waals surface area (Å²) in [6.07, 6.45) is 1.58. The first-order valence-electron chi connectivity index (χ1n) is 12.0. The van der Waals surface area contributed by atoms with Gasteiger partial charge in [-0.3, -0.25) is 4.79 Å². The van der Waals surface area contributed by atoms with Crippen LogP contribution in [0.15, 0.2) is 48.5 Å². The second-order valence-electron chi connectivity index (χ2n) is 9.80. The summed E-state index contributed by atoms with van der Waals surface area (Å²) in [6.45, 7) is 4.12. The zero-order valence-corrected chi connectivity index (χ0v) is 19.6. The van der Waals surface area contributed by atoms with Crippen LogP contribution in [0, 0.1) is 11.8 Å². The predicted molar refractivity (Wildman–Crippen MR) is 128 cm³/mol. The fourth-order valence-electron chi connectivity index (χ4n) is 5.04. The van der Waals surface area contributed by atoms with E-state index in [1.807, 2.05) is 38.1 Å². The number of alkyl carbamates (subject to hydrolysis) is 1. The number of carboxylic acid groups (broad SMARTS) is 1. The molecule has 1 fully saturated rings. The van der Waals surface area contributed by atoms with E-state index in [1.54, 1.807) is 0 Å². The second-order valence-corrected chi connectivity index (χ2v) is 9.80. The van der Waals surface area contributed by atoms with Gasteiger partial charge in [-0.25, -0.2) is 9.59 Å². The molecule has 7 nitrogen and oxygen atoms in total. The van der Waals surface area contributed by atoms with Gasteiger partial charge in [0.2, 0.25) is 5.91 Å². The summed E-state index contributed by atoms with van der Waals surface area (Å²) >= 11 is 0. The molecule has 0 unspecified atom stereocenters. The highest BCUT2D eigenvalue weighted by atomic mass is 16.5. The number of benzene rings is 2. The lowest BCUT2D eigenvalue weighted by molar-refractivity contribution is -0.142. The van der Waals surface area contributed by atoms with Crippen LogP contribution in [0.4, 0.5) is 4.79 Å². The largest absolute Gasteiger partial charge is 0.480 e. The van der Waals surface area contributed by atoms with Gasteiger partial charge < -0.3 is 20.5 Å². The smallest absolute Gasteiger partial charge is 0.407 e. The molecule has 1 saturated carbocycles. The average molecular weight is 465 g/mol. The van der Waals surface area contributed by atoms with Crippen LogP contribution in [0.25, 0.3) is 11.1 Å². The summed E-state index contributed by atoms with van der Waals surface area (Å²) in [4.78, 5) is 36.0. The molecule has 3 N–H and O–H groups in total. The van der Waals surface area contributed by atoms with Crippen molar-refractivity contribution in [2.45, 2.75) is 57.5 Å². The van der Waals surface area contributed by atoms with Gasteiger partial charge in [0.1, 0.15) is 12.6 Å². The van der Waals surface area contributed by atoms with Crippen molar-refractivity contribution in [1.82, 2.24) is 10.6 Å². The number of carboxylic acids is 1. The molecule has 0 saturated heterocycles. The Morgan fingerprint density at radius 3 is 2.15 bits per heavy atom. The number of ether oxygens (including phenoxy) is 1. The monoisotopic (exact) mass is 464 g/mol. The third-order valence-electron chi connectivity index (χ3n) is 6.72. The number of aliphatic carboxylic acids is 1. The predicted octanol–water partition coefficient (Wildman–Crippen LogP) is 4.31. The molecule has 0 aromatic heterocycles. The standard InChI is InChI=1S/C27H32N2O5/c1-16(2)11-24(26(31)32)29-25(30)14-17-12-18(13-17)28-27(33)34-15-23-21-9-5-3-7-19(21)20-8-4-6-10-22(20)23/h3-10,16-18,23-24H,11-15H2,1-2H3,(H,28,33)(H,29,30)(H,31,32)/t17?,18?,24-/m0/s1. The van der Waals surface area contributed by atoms with Gasteiger partial charge in [-0.15, -0.1) is 0 Å². The van der Waals surface area contributed by atoms with Crippen LogP contribution in [-0.2, 0) is 14.3 Å². The Balaban J connectivity index is 1.21. The van der Waals surface area contributed by atoms with Crippen LogP contribution in [-0.4, -0.2) is 41.8 Å². The quantitative estimate of drug-likeness (QED) is 0.513. The van der Waals surface area contributed by atoms with Crippen LogP contribution < -0.4 is 10.6 Å². The first-order valence-corrected chi connectivity index (χ1v) is 12.0. The molecular formula is C27H32N2O5. The summed E-state index contributed by atoms with van der Waals surface area (Å²) in [7, 11) is 0. The molecule has 7 heteroatoms. The molecule has 0 aliphatic heterocycles. The number of hydrogen-bond donors (Lipinski definition) is 3. The highest BCUT2D eigenvalue weighted by Gasteiger charge is 2.34. The minimum absolute atomic E-state index is 0.0176. The van der Waals surface area contributed by atoms with Crippen LogP contribution in [0.5, 0.6) is 0 Å². The van der Waals surface area contributed by atoms with Gasteiger partial charge in [0, 0.05) is 18.4 Å². The first-order chi connectivity index (χ1) is 16.3. The molecule has 0 bridgehead atoms. The van der Waals surface area contributed by atoms with Crippen molar-refractivity contribution in [3.8, 4) is 11.1 Å². The van der Waals surface area contributed by atoms with Crippen molar-refractivity contribution in [3.05, 3.63) is 59.7 Å². The van der Waals surface area contributed by atoms with Crippen molar-refractivity contribution < 1.29 is 24.2 Å². The van der Waals surface area contributed by atoms with Crippen LogP contribution in [0.3, 0.4) is 0 Å². The number of hydrogen-bond acceptors (Lipinski definition) is 4. The van der Waals surface area contributed by atoms with Crippen LogP contribution in [0.2, 0.25) is 0 Å². The summed E-state index contributed by atoms with van der Waals surface area (Å²) in [5, 5.41) is 14.8. The van der Waals surface area contributed by atoms with E-state index in [0.29, 0.717) is 19.3 Å². The van der Waals surface area contributed by atoms with Gasteiger partial charge in [-0.2, -0.15) is 0 Å². The maximum atomic E-state index is 12.4. The van der Waals surface area contributed by atoms with Crippen molar-refractivity contribution >= 4 is 18.0 Å². The minimum Gasteiger partial charge on any atom is -0.480 e. The summed E-state index contributed by atoms with van der Waals surface area (Å²) in [5.74, 6) is -0.935. The average Bonchev–Trinajstić information content (AvgIpc) is 3.09. The number of fused-ring (bicyclic) bond motifs is 3. The molecule has 180 valence electrons. The van der Waals surface area contributed by atoms with E-state index in [9.17, 15) is 19.5 Å². The fourth-order valence-corrected chi connectivity index (χ4v) is 5.04. The van der Waals surface area contributed by atoms with Crippen molar-refractivity contribution in [2.75, 3.05) is 6.61 Å². The Morgan fingerprint density at radius 2 is 1.59 bits per heavy atom. The summed E-state index contributed by atoms with van der Waals surface area (Å²) < 4.78 is 5.58. The van der Waals surface area contributed by atoms with Gasteiger partial charge >= 0.3 is 12.1 Å². The molecule has 2 aromatic carbocycles. The Hall–Kier alpha value is -3.35. The van der Waals surface area contributed by atoms with E-state index in [1.165, 1.54) is 22.3 Å². The number of nitrogens with one attached hydrogen (secondary N) is 2. The SMILES string of the molecule is CC(C)C[C@H](NC(=O)CC1CC(NC(=O)OCC2c3ccccc3-c3ccccc32)C1)C(=O)O. The van der Waals surface area contributed by atoms with Gasteiger partial charge in [-0.1, -0.05) is 62.4 Å². The van der Waals surface area contributed by atoms with Gasteiger partial charge in [0.15, 0.2) is 0 Å². The van der Waals surface area contributed by atoms with E-state index >= 15 is 0 Å². The van der Waals surface area contributed by atoms with Gasteiger partial charge in [0.05, 0.1) is 0 Å². The number of carbonyl (C=O) groups excluding carboxylic acids is 2. The lowest BCUT2D eigenvalue weighted by Gasteiger charge is -2.35. The number of rotatable bonds is 9. The molecule has 34 heavy (non-hydrogen) atoms. The maximum Gasteiger partial charge on any atom is 0.407 e. The molecular weight excluding hydrogens is 432 g/mol. The molecule has 0 heterocycles. The molecule has 0 spiro atoms. The number of amides is 2. The normalized spacial score (nSPS) is 19.5. The van der Waals surface area contributed by atoms with Crippen LogP contribution >= 0.6 is 0 Å². The van der Waals surface area contributed by atoms with Gasteiger partial charge in [0.25, 0.3) is 0 Å². The molecule has 2 aliphatic rings. The Labute approximate surface area is 199 Å². The summed E-state index contributed by atoms with van der Waals surface area (Å²) in [5.41, 5.74) is 4.71. The second kappa shape index (κ2) is 10.3. The van der Waals surface area contributed by atoms with Gasteiger partial charge in [-0.05, 0) is 53.4 Å². The Bertz CT molecular complexity index is 1010. The van der Waals surface area contributed by atoms with Crippen molar-refractivity contribution in [1.29, 1.82) is 0 Å². The highest BCUT2D eigenvalue weighted by Crippen LogP contribution is 2.44. The Morgan fingerprint density at radius 1 is 1.00 bits per heavy atom. The lowest BCUT2D eigenvalue weighted by atomic mass is 9.78. The highest BCUT2D eigenvalue weighted by molar-refractivity contribution is 5.83. The van der Waals surface area contributed by atoms with Crippen molar-refractivity contribution in [3.63, 3.8) is 0 Å². The number of carbonyl (C=O) groups is 3. The zero-order valence-electron chi connectivity index (χ0n) is 19.6. The minimum atomic E-state index is -1.01. The van der Waals surface area contributed by atoms with Crippen LogP contribution in [0.1, 0.15) is 56.6 Å². The first kappa shape index (κ1) is 23.8. The third kappa shape index (κ3) is 5.41. The Kier molecular flexibility index (Phi) is 7.20. The van der Waals surface area contributed by atoms with E-state index < -0.39 is 18.1 Å². The molecule has 2 aromatic rings. The fraction of sp³-hybridized carbons (Fsp3) is 0.444. The maximum absolute atomic E-state index is 12.4. The molecule has 4 rings (SSSR count). The van der Waals surface area contributed by atoms with E-state index in [4.69, 9.17) is 4.74 Å². The van der Waals surface area contributed by atoms with E-state index in [0.717, 1.165) is 0 Å². The third-order valence-corrected chi connectivity index (χ3v) is 6.72. The topological polar surface area (TPSA) is 105 Å².